The molecule has 2 N–H and O–H groups in total. The number of benzene rings is 1. The van der Waals surface area contributed by atoms with Gasteiger partial charge in [-0.1, -0.05) is 35.7 Å². The van der Waals surface area contributed by atoms with Crippen molar-refractivity contribution in [1.82, 2.24) is 25.4 Å². The lowest BCUT2D eigenvalue weighted by molar-refractivity contribution is 0.596. The molecule has 1 aliphatic heterocycles. The molecule has 0 radical (unpaired) electrons. The average Bonchev–Trinajstić information content (AvgIpc) is 2.85. The number of fused-ring (bicyclic) bond motifs is 1. The van der Waals surface area contributed by atoms with Gasteiger partial charge in [0.1, 0.15) is 5.82 Å². The van der Waals surface area contributed by atoms with Gasteiger partial charge in [-0.3, -0.25) is 0 Å². The topological polar surface area (TPSA) is 67.1 Å². The van der Waals surface area contributed by atoms with E-state index in [9.17, 15) is 0 Å². The van der Waals surface area contributed by atoms with Crippen molar-refractivity contribution >= 4 is 53.1 Å². The highest BCUT2D eigenvalue weighted by Gasteiger charge is 2.14. The standard InChI is InChI=1S/C18H24Cl2N6.HI/c1-2-21-18(22-11-13-7-8-14(19)10-15(13)20)23-12-17-25-24-16-6-4-3-5-9-26(16)17;/h7-8,10H,2-6,9,11-12H2,1H3,(H2,21,22,23);1H. The first-order valence-electron chi connectivity index (χ1n) is 9.04. The zero-order chi connectivity index (χ0) is 18.4. The third kappa shape index (κ3) is 6.22. The van der Waals surface area contributed by atoms with Gasteiger partial charge in [0, 0.05) is 29.6 Å². The van der Waals surface area contributed by atoms with Crippen LogP contribution in [0.15, 0.2) is 23.2 Å². The Hall–Kier alpha value is -1.06. The van der Waals surface area contributed by atoms with Crippen LogP contribution in [0.25, 0.3) is 0 Å². The monoisotopic (exact) mass is 522 g/mol. The summed E-state index contributed by atoms with van der Waals surface area (Å²) < 4.78 is 2.24. The Bertz CT molecular complexity index is 777. The Balaban J connectivity index is 0.00000261. The molecule has 1 aromatic heterocycles. The molecule has 0 atom stereocenters. The summed E-state index contributed by atoms with van der Waals surface area (Å²) in [5.74, 6) is 2.77. The number of aryl methyl sites for hydroxylation is 1. The Morgan fingerprint density at radius 1 is 1.19 bits per heavy atom. The third-order valence-corrected chi connectivity index (χ3v) is 4.95. The van der Waals surface area contributed by atoms with Gasteiger partial charge in [0.15, 0.2) is 11.8 Å². The van der Waals surface area contributed by atoms with E-state index in [0.717, 1.165) is 42.7 Å². The van der Waals surface area contributed by atoms with E-state index in [4.69, 9.17) is 23.2 Å². The number of nitrogens with one attached hydrogen (secondary N) is 2. The van der Waals surface area contributed by atoms with Gasteiger partial charge in [0.25, 0.3) is 0 Å². The molecule has 1 aromatic carbocycles. The van der Waals surface area contributed by atoms with Crippen molar-refractivity contribution in [3.8, 4) is 0 Å². The third-order valence-electron chi connectivity index (χ3n) is 4.37. The average molecular weight is 523 g/mol. The molecule has 0 unspecified atom stereocenters. The zero-order valence-corrected chi connectivity index (χ0v) is 19.2. The number of hydrogen-bond donors (Lipinski definition) is 2. The molecule has 3 rings (SSSR count). The lowest BCUT2D eigenvalue weighted by Crippen LogP contribution is -2.37. The summed E-state index contributed by atoms with van der Waals surface area (Å²) in [6.45, 7) is 4.87. The lowest BCUT2D eigenvalue weighted by atomic mass is 10.2. The summed E-state index contributed by atoms with van der Waals surface area (Å²) in [6, 6.07) is 5.46. The van der Waals surface area contributed by atoms with Crippen LogP contribution in [0.1, 0.15) is 43.4 Å². The maximum absolute atomic E-state index is 6.23. The molecule has 0 spiro atoms. The van der Waals surface area contributed by atoms with Crippen LogP contribution in [-0.4, -0.2) is 27.3 Å². The van der Waals surface area contributed by atoms with E-state index >= 15 is 0 Å². The van der Waals surface area contributed by atoms with Crippen LogP contribution >= 0.6 is 47.2 Å². The van der Waals surface area contributed by atoms with Gasteiger partial charge in [-0.05, 0) is 37.5 Å². The molecule has 0 aliphatic carbocycles. The highest BCUT2D eigenvalue weighted by atomic mass is 127. The highest BCUT2D eigenvalue weighted by molar-refractivity contribution is 14.0. The van der Waals surface area contributed by atoms with Crippen molar-refractivity contribution in [2.45, 2.75) is 52.2 Å². The highest BCUT2D eigenvalue weighted by Crippen LogP contribution is 2.21. The number of aromatic nitrogens is 3. The van der Waals surface area contributed by atoms with Gasteiger partial charge in [-0.2, -0.15) is 0 Å². The van der Waals surface area contributed by atoms with E-state index in [1.165, 1.54) is 19.3 Å². The van der Waals surface area contributed by atoms with Crippen LogP contribution in [0.5, 0.6) is 0 Å². The lowest BCUT2D eigenvalue weighted by Gasteiger charge is -2.12. The van der Waals surface area contributed by atoms with E-state index < -0.39 is 0 Å². The van der Waals surface area contributed by atoms with Crippen molar-refractivity contribution in [1.29, 1.82) is 0 Å². The van der Waals surface area contributed by atoms with Crippen molar-refractivity contribution in [2.24, 2.45) is 4.99 Å². The van der Waals surface area contributed by atoms with Gasteiger partial charge in [0.2, 0.25) is 0 Å². The van der Waals surface area contributed by atoms with E-state index in [1.54, 1.807) is 6.07 Å². The van der Waals surface area contributed by atoms with Crippen LogP contribution < -0.4 is 10.6 Å². The largest absolute Gasteiger partial charge is 0.357 e. The summed E-state index contributed by atoms with van der Waals surface area (Å²) in [5.41, 5.74) is 0.935. The quantitative estimate of drug-likeness (QED) is 0.351. The van der Waals surface area contributed by atoms with Crippen LogP contribution in [0.4, 0.5) is 0 Å². The van der Waals surface area contributed by atoms with Gasteiger partial charge in [0.05, 0.1) is 13.1 Å². The van der Waals surface area contributed by atoms with Crippen LogP contribution in [0, 0.1) is 0 Å². The number of rotatable bonds is 5. The van der Waals surface area contributed by atoms with Crippen molar-refractivity contribution in [2.75, 3.05) is 6.54 Å². The molecular formula is C18H25Cl2IN6. The fourth-order valence-corrected chi connectivity index (χ4v) is 3.46. The first kappa shape index (κ1) is 22.2. The predicted molar refractivity (Wildman–Crippen MR) is 121 cm³/mol. The van der Waals surface area contributed by atoms with Gasteiger partial charge >= 0.3 is 0 Å². The van der Waals surface area contributed by atoms with Crippen LogP contribution in [0.2, 0.25) is 10.0 Å². The van der Waals surface area contributed by atoms with Crippen molar-refractivity contribution < 1.29 is 0 Å². The molecule has 0 saturated heterocycles. The molecule has 0 amide bonds. The molecule has 0 fully saturated rings. The minimum Gasteiger partial charge on any atom is -0.357 e. The summed E-state index contributed by atoms with van der Waals surface area (Å²) in [5, 5.41) is 16.5. The SMILES string of the molecule is CCNC(=NCc1ccc(Cl)cc1Cl)NCc1nnc2n1CCCCC2.I. The van der Waals surface area contributed by atoms with Crippen LogP contribution in [-0.2, 0) is 26.1 Å². The Labute approximate surface area is 187 Å². The summed E-state index contributed by atoms with van der Waals surface area (Å²) in [6.07, 6.45) is 4.64. The molecule has 1 aliphatic rings. The fraction of sp³-hybridized carbons (Fsp3) is 0.500. The smallest absolute Gasteiger partial charge is 0.191 e. The Morgan fingerprint density at radius 2 is 2.04 bits per heavy atom. The summed E-state index contributed by atoms with van der Waals surface area (Å²) >= 11 is 12.2. The van der Waals surface area contributed by atoms with Crippen LogP contribution in [0.3, 0.4) is 0 Å². The van der Waals surface area contributed by atoms with E-state index in [0.29, 0.717) is 23.1 Å². The first-order valence-corrected chi connectivity index (χ1v) is 9.80. The van der Waals surface area contributed by atoms with E-state index in [-0.39, 0.29) is 24.0 Å². The first-order chi connectivity index (χ1) is 12.7. The molecule has 27 heavy (non-hydrogen) atoms. The fourth-order valence-electron chi connectivity index (χ4n) is 2.99. The normalized spacial score (nSPS) is 14.1. The van der Waals surface area contributed by atoms with Gasteiger partial charge in [-0.25, -0.2) is 4.99 Å². The summed E-state index contributed by atoms with van der Waals surface area (Å²) in [7, 11) is 0. The van der Waals surface area contributed by atoms with Crippen molar-refractivity contribution in [3.05, 3.63) is 45.5 Å². The molecule has 2 aromatic rings. The number of aliphatic imine (C=N–C) groups is 1. The molecule has 0 saturated carbocycles. The molecule has 2 heterocycles. The molecular weight excluding hydrogens is 498 g/mol. The second-order valence-electron chi connectivity index (χ2n) is 6.28. The summed E-state index contributed by atoms with van der Waals surface area (Å²) in [4.78, 5) is 4.61. The number of hydrogen-bond acceptors (Lipinski definition) is 3. The van der Waals surface area contributed by atoms with Crippen molar-refractivity contribution in [3.63, 3.8) is 0 Å². The molecule has 6 nitrogen and oxygen atoms in total. The number of nitrogens with zero attached hydrogens (tertiary/aromatic N) is 4. The number of guanidine groups is 1. The minimum atomic E-state index is 0. The minimum absolute atomic E-state index is 0. The van der Waals surface area contributed by atoms with Gasteiger partial charge in [-0.15, -0.1) is 34.2 Å². The van der Waals surface area contributed by atoms with E-state index in [2.05, 4.69) is 30.4 Å². The maximum atomic E-state index is 6.23. The maximum Gasteiger partial charge on any atom is 0.191 e. The second kappa shape index (κ2) is 11.1. The molecule has 0 bridgehead atoms. The molecule has 148 valence electrons. The second-order valence-corrected chi connectivity index (χ2v) is 7.12. The predicted octanol–water partition coefficient (Wildman–Crippen LogP) is 4.18. The number of halogens is 3. The molecule has 9 heteroatoms. The Kier molecular flexibility index (Phi) is 9.11. The van der Waals surface area contributed by atoms with Gasteiger partial charge < -0.3 is 15.2 Å². The zero-order valence-electron chi connectivity index (χ0n) is 15.3. The Morgan fingerprint density at radius 3 is 2.81 bits per heavy atom. The van der Waals surface area contributed by atoms with E-state index in [1.807, 2.05) is 19.1 Å².